The van der Waals surface area contributed by atoms with Gasteiger partial charge in [-0.3, -0.25) is 4.68 Å². The van der Waals surface area contributed by atoms with Crippen molar-refractivity contribution in [3.8, 4) is 5.75 Å². The summed E-state index contributed by atoms with van der Waals surface area (Å²) in [5, 5.41) is 4.11. The Kier molecular flexibility index (Phi) is 3.46. The molecule has 0 fully saturated rings. The number of rotatable bonds is 4. The molecule has 5 heteroatoms. The number of nitrogen functional groups attached to an aromatic ring is 1. The smallest absolute Gasteiger partial charge is 0.159 e. The van der Waals surface area contributed by atoms with Crippen LogP contribution in [0.2, 0.25) is 0 Å². The molecule has 2 aromatic rings. The van der Waals surface area contributed by atoms with Crippen LogP contribution in [0.1, 0.15) is 0 Å². The van der Waals surface area contributed by atoms with Gasteiger partial charge in [0.15, 0.2) is 5.82 Å². The molecule has 84 valence electrons. The Balaban J connectivity index is 1.84. The Labute approximate surface area is 102 Å². The fourth-order valence-corrected chi connectivity index (χ4v) is 1.62. The SMILES string of the molecule is Nc1nn(CCOc2ccccc2)cc1Br. The molecule has 0 spiro atoms. The largest absolute Gasteiger partial charge is 0.492 e. The molecule has 2 rings (SSSR count). The van der Waals surface area contributed by atoms with Crippen LogP contribution in [0.15, 0.2) is 41.0 Å². The maximum atomic E-state index is 5.60. The van der Waals surface area contributed by atoms with E-state index in [1.54, 1.807) is 4.68 Å². The minimum Gasteiger partial charge on any atom is -0.492 e. The summed E-state index contributed by atoms with van der Waals surface area (Å²) in [4.78, 5) is 0. The van der Waals surface area contributed by atoms with E-state index in [2.05, 4.69) is 21.0 Å². The van der Waals surface area contributed by atoms with E-state index >= 15 is 0 Å². The molecule has 0 unspecified atom stereocenters. The molecule has 0 aliphatic heterocycles. The highest BCUT2D eigenvalue weighted by atomic mass is 79.9. The first-order valence-electron chi connectivity index (χ1n) is 4.92. The fourth-order valence-electron chi connectivity index (χ4n) is 1.30. The molecule has 1 aromatic heterocycles. The Morgan fingerprint density at radius 1 is 1.31 bits per heavy atom. The topological polar surface area (TPSA) is 53.1 Å². The zero-order valence-electron chi connectivity index (χ0n) is 8.64. The van der Waals surface area contributed by atoms with Gasteiger partial charge in [0, 0.05) is 6.20 Å². The third-order valence-corrected chi connectivity index (χ3v) is 2.69. The maximum absolute atomic E-state index is 5.60. The number of nitrogens with two attached hydrogens (primary N) is 1. The molecule has 0 aliphatic carbocycles. The Morgan fingerprint density at radius 2 is 2.06 bits per heavy atom. The summed E-state index contributed by atoms with van der Waals surface area (Å²) in [6.45, 7) is 1.24. The number of anilines is 1. The third kappa shape index (κ3) is 2.76. The number of hydrogen-bond donors (Lipinski definition) is 1. The highest BCUT2D eigenvalue weighted by Crippen LogP contribution is 2.16. The number of halogens is 1. The van der Waals surface area contributed by atoms with Gasteiger partial charge in [-0.2, -0.15) is 5.10 Å². The van der Waals surface area contributed by atoms with Crippen LogP contribution in [0.3, 0.4) is 0 Å². The molecule has 1 aromatic carbocycles. The molecule has 2 N–H and O–H groups in total. The van der Waals surface area contributed by atoms with Crippen LogP contribution in [-0.4, -0.2) is 16.4 Å². The first-order valence-corrected chi connectivity index (χ1v) is 5.71. The van der Waals surface area contributed by atoms with Gasteiger partial charge in [-0.25, -0.2) is 0 Å². The highest BCUT2D eigenvalue weighted by molar-refractivity contribution is 9.10. The van der Waals surface area contributed by atoms with Gasteiger partial charge in [0.1, 0.15) is 12.4 Å². The van der Waals surface area contributed by atoms with Gasteiger partial charge in [0.25, 0.3) is 0 Å². The molecular formula is C11H12BrN3O. The zero-order valence-corrected chi connectivity index (χ0v) is 10.2. The molecule has 16 heavy (non-hydrogen) atoms. The molecular weight excluding hydrogens is 270 g/mol. The van der Waals surface area contributed by atoms with E-state index in [1.165, 1.54) is 0 Å². The number of para-hydroxylation sites is 1. The second-order valence-corrected chi connectivity index (χ2v) is 4.14. The Bertz CT molecular complexity index is 436. The van der Waals surface area contributed by atoms with Crippen LogP contribution in [0, 0.1) is 0 Å². The van der Waals surface area contributed by atoms with Gasteiger partial charge >= 0.3 is 0 Å². The average Bonchev–Trinajstić information content (AvgIpc) is 2.60. The number of nitrogens with zero attached hydrogens (tertiary/aromatic N) is 2. The maximum Gasteiger partial charge on any atom is 0.159 e. The first kappa shape index (κ1) is 11.0. The highest BCUT2D eigenvalue weighted by Gasteiger charge is 2.01. The van der Waals surface area contributed by atoms with Crippen molar-refractivity contribution < 1.29 is 4.74 Å². The normalized spacial score (nSPS) is 10.3. The lowest BCUT2D eigenvalue weighted by molar-refractivity contribution is 0.291. The molecule has 1 heterocycles. The van der Waals surface area contributed by atoms with Gasteiger partial charge in [0.05, 0.1) is 11.0 Å². The average molecular weight is 282 g/mol. The van der Waals surface area contributed by atoms with Crippen LogP contribution in [0.25, 0.3) is 0 Å². The minimum atomic E-state index is 0.500. The molecule has 0 radical (unpaired) electrons. The van der Waals surface area contributed by atoms with Crippen molar-refractivity contribution in [3.05, 3.63) is 41.0 Å². The standard InChI is InChI=1S/C11H12BrN3O/c12-10-8-15(14-11(10)13)6-7-16-9-4-2-1-3-5-9/h1-5,8H,6-7H2,(H2,13,14). The van der Waals surface area contributed by atoms with Crippen molar-refractivity contribution in [1.29, 1.82) is 0 Å². The summed E-state index contributed by atoms with van der Waals surface area (Å²) >= 11 is 3.30. The van der Waals surface area contributed by atoms with Crippen LogP contribution in [-0.2, 0) is 6.54 Å². The summed E-state index contributed by atoms with van der Waals surface area (Å²) in [5.74, 6) is 1.36. The van der Waals surface area contributed by atoms with Crippen molar-refractivity contribution in [2.24, 2.45) is 0 Å². The number of hydrogen-bond acceptors (Lipinski definition) is 3. The van der Waals surface area contributed by atoms with Crippen LogP contribution in [0.5, 0.6) is 5.75 Å². The number of aromatic nitrogens is 2. The monoisotopic (exact) mass is 281 g/mol. The van der Waals surface area contributed by atoms with E-state index in [0.29, 0.717) is 19.0 Å². The van der Waals surface area contributed by atoms with Crippen molar-refractivity contribution in [3.63, 3.8) is 0 Å². The van der Waals surface area contributed by atoms with E-state index in [-0.39, 0.29) is 0 Å². The Hall–Kier alpha value is -1.49. The van der Waals surface area contributed by atoms with Crippen molar-refractivity contribution >= 4 is 21.7 Å². The van der Waals surface area contributed by atoms with Crippen LogP contribution in [0.4, 0.5) is 5.82 Å². The van der Waals surface area contributed by atoms with Crippen LogP contribution < -0.4 is 10.5 Å². The van der Waals surface area contributed by atoms with Crippen molar-refractivity contribution in [2.75, 3.05) is 12.3 Å². The lowest BCUT2D eigenvalue weighted by atomic mass is 10.3. The summed E-state index contributed by atoms with van der Waals surface area (Å²) in [7, 11) is 0. The third-order valence-electron chi connectivity index (χ3n) is 2.08. The minimum absolute atomic E-state index is 0.500. The van der Waals surface area contributed by atoms with E-state index < -0.39 is 0 Å². The summed E-state index contributed by atoms with van der Waals surface area (Å²) in [5.41, 5.74) is 5.60. The van der Waals surface area contributed by atoms with E-state index in [1.807, 2.05) is 36.5 Å². The lowest BCUT2D eigenvalue weighted by Crippen LogP contribution is -2.08. The van der Waals surface area contributed by atoms with E-state index in [0.717, 1.165) is 10.2 Å². The number of ether oxygens (including phenoxy) is 1. The van der Waals surface area contributed by atoms with Gasteiger partial charge < -0.3 is 10.5 Å². The zero-order chi connectivity index (χ0) is 11.4. The molecule has 0 saturated carbocycles. The fraction of sp³-hybridized carbons (Fsp3) is 0.182. The molecule has 4 nitrogen and oxygen atoms in total. The lowest BCUT2D eigenvalue weighted by Gasteiger charge is -2.05. The van der Waals surface area contributed by atoms with E-state index in [9.17, 15) is 0 Å². The summed E-state index contributed by atoms with van der Waals surface area (Å²) in [6, 6.07) is 9.69. The molecule has 0 amide bonds. The second-order valence-electron chi connectivity index (χ2n) is 3.29. The van der Waals surface area contributed by atoms with Crippen molar-refractivity contribution in [2.45, 2.75) is 6.54 Å². The predicted octanol–water partition coefficient (Wildman–Crippen LogP) is 2.31. The summed E-state index contributed by atoms with van der Waals surface area (Å²) < 4.78 is 8.11. The second kappa shape index (κ2) is 5.03. The predicted molar refractivity (Wildman–Crippen MR) is 66.3 cm³/mol. The Morgan fingerprint density at radius 3 is 2.69 bits per heavy atom. The first-order chi connectivity index (χ1) is 7.75. The van der Waals surface area contributed by atoms with Gasteiger partial charge in [-0.05, 0) is 28.1 Å². The van der Waals surface area contributed by atoms with E-state index in [4.69, 9.17) is 10.5 Å². The number of benzene rings is 1. The molecule has 0 bridgehead atoms. The van der Waals surface area contributed by atoms with Crippen molar-refractivity contribution in [1.82, 2.24) is 9.78 Å². The summed E-state index contributed by atoms with van der Waals surface area (Å²) in [6.07, 6.45) is 1.84. The van der Waals surface area contributed by atoms with Crippen LogP contribution >= 0.6 is 15.9 Å². The molecule has 0 saturated heterocycles. The van der Waals surface area contributed by atoms with Gasteiger partial charge in [0.2, 0.25) is 0 Å². The molecule has 0 aliphatic rings. The molecule has 0 atom stereocenters. The van der Waals surface area contributed by atoms with Gasteiger partial charge in [-0.15, -0.1) is 0 Å². The van der Waals surface area contributed by atoms with Gasteiger partial charge in [-0.1, -0.05) is 18.2 Å². The quantitative estimate of drug-likeness (QED) is 0.936.